The van der Waals surface area contributed by atoms with Gasteiger partial charge in [-0.15, -0.1) is 0 Å². The molecule has 1 aromatic rings. The number of nitrogens with one attached hydrogen (secondary N) is 1. The Hall–Kier alpha value is -0.260. The lowest BCUT2D eigenvalue weighted by atomic mass is 10.0. The first-order chi connectivity index (χ1) is 9.19. The first kappa shape index (κ1) is 15.1. The van der Waals surface area contributed by atoms with Crippen molar-refractivity contribution in [3.8, 4) is 0 Å². The van der Waals surface area contributed by atoms with Crippen molar-refractivity contribution >= 4 is 23.5 Å². The van der Waals surface area contributed by atoms with Crippen LogP contribution in [0, 0.1) is 11.6 Å². The van der Waals surface area contributed by atoms with E-state index < -0.39 is 11.6 Å². The second-order valence-corrected chi connectivity index (χ2v) is 7.13. The molecule has 0 bridgehead atoms. The molecule has 0 amide bonds. The van der Waals surface area contributed by atoms with E-state index in [9.17, 15) is 8.78 Å². The molecule has 5 heteroatoms. The third-order valence-corrected chi connectivity index (χ3v) is 6.05. The van der Waals surface area contributed by atoms with Crippen molar-refractivity contribution in [3.05, 3.63) is 35.4 Å². The normalized spacial score (nSPS) is 21.3. The van der Waals surface area contributed by atoms with Crippen LogP contribution in [0.5, 0.6) is 0 Å². The molecule has 0 spiro atoms. The van der Waals surface area contributed by atoms with Gasteiger partial charge >= 0.3 is 0 Å². The van der Waals surface area contributed by atoms with E-state index in [-0.39, 0.29) is 6.04 Å². The molecule has 0 aliphatic carbocycles. The van der Waals surface area contributed by atoms with Crippen LogP contribution in [-0.2, 0) is 6.42 Å². The van der Waals surface area contributed by atoms with Crippen molar-refractivity contribution in [2.24, 2.45) is 0 Å². The fourth-order valence-corrected chi connectivity index (χ4v) is 5.21. The maximum Gasteiger partial charge on any atom is 0.126 e. The maximum absolute atomic E-state index is 13.2. The van der Waals surface area contributed by atoms with Gasteiger partial charge in [0.05, 0.1) is 0 Å². The molecule has 19 heavy (non-hydrogen) atoms. The molecular formula is C14H19F2NS2. The van der Waals surface area contributed by atoms with Crippen molar-refractivity contribution in [2.45, 2.75) is 24.6 Å². The zero-order valence-electron chi connectivity index (χ0n) is 11.0. The summed E-state index contributed by atoms with van der Waals surface area (Å²) in [5.74, 6) is 2.50. The minimum Gasteiger partial charge on any atom is -0.313 e. The van der Waals surface area contributed by atoms with Gasteiger partial charge in [0.15, 0.2) is 0 Å². The Labute approximate surface area is 121 Å². The van der Waals surface area contributed by atoms with Gasteiger partial charge in [0.1, 0.15) is 11.6 Å². The topological polar surface area (TPSA) is 12.0 Å². The van der Waals surface area contributed by atoms with Gasteiger partial charge in [0, 0.05) is 34.6 Å². The van der Waals surface area contributed by atoms with Crippen molar-refractivity contribution < 1.29 is 8.78 Å². The Kier molecular flexibility index (Phi) is 5.98. The van der Waals surface area contributed by atoms with E-state index in [1.807, 2.05) is 23.5 Å². The van der Waals surface area contributed by atoms with Gasteiger partial charge in [-0.25, -0.2) is 8.78 Å². The van der Waals surface area contributed by atoms with E-state index in [1.54, 1.807) is 0 Å². The molecule has 2 unspecified atom stereocenters. The summed E-state index contributed by atoms with van der Waals surface area (Å²) in [4.78, 5) is 0. The zero-order valence-corrected chi connectivity index (χ0v) is 12.6. The molecule has 106 valence electrons. The third kappa shape index (κ3) is 4.65. The van der Waals surface area contributed by atoms with Gasteiger partial charge in [-0.3, -0.25) is 0 Å². The molecule has 1 N–H and O–H groups in total. The van der Waals surface area contributed by atoms with Crippen molar-refractivity contribution in [2.75, 3.05) is 23.8 Å². The largest absolute Gasteiger partial charge is 0.313 e. The third-order valence-electron chi connectivity index (χ3n) is 3.13. The summed E-state index contributed by atoms with van der Waals surface area (Å²) in [6.45, 7) is 2.95. The molecule has 2 atom stereocenters. The Balaban J connectivity index is 2.06. The SMILES string of the molecule is CCNC(Cc1cc(F)cc(F)c1)C1CSCCS1. The minimum absolute atomic E-state index is 0.281. The number of thioether (sulfide) groups is 2. The van der Waals surface area contributed by atoms with Crippen LogP contribution in [0.15, 0.2) is 18.2 Å². The van der Waals surface area contributed by atoms with Gasteiger partial charge in [-0.1, -0.05) is 6.92 Å². The molecule has 1 saturated heterocycles. The fraction of sp³-hybridized carbons (Fsp3) is 0.571. The number of hydrogen-bond acceptors (Lipinski definition) is 3. The van der Waals surface area contributed by atoms with Gasteiger partial charge in [0.2, 0.25) is 0 Å². The molecule has 0 aromatic heterocycles. The lowest BCUT2D eigenvalue weighted by molar-refractivity contribution is 0.516. The molecule has 1 nitrogen and oxygen atoms in total. The Morgan fingerprint density at radius 1 is 1.26 bits per heavy atom. The summed E-state index contributed by atoms with van der Waals surface area (Å²) in [6, 6.07) is 4.09. The summed E-state index contributed by atoms with van der Waals surface area (Å²) in [7, 11) is 0. The second kappa shape index (κ2) is 7.50. The van der Waals surface area contributed by atoms with Crippen molar-refractivity contribution in [3.63, 3.8) is 0 Å². The molecule has 1 heterocycles. The van der Waals surface area contributed by atoms with E-state index in [2.05, 4.69) is 12.2 Å². The second-order valence-electron chi connectivity index (χ2n) is 4.63. The van der Waals surface area contributed by atoms with Gasteiger partial charge in [-0.2, -0.15) is 23.5 Å². The van der Waals surface area contributed by atoms with Crippen LogP contribution in [0.3, 0.4) is 0 Å². The van der Waals surface area contributed by atoms with Gasteiger partial charge < -0.3 is 5.32 Å². The number of rotatable bonds is 5. The van der Waals surface area contributed by atoms with E-state index in [0.717, 1.165) is 29.7 Å². The smallest absolute Gasteiger partial charge is 0.126 e. The lowest BCUT2D eigenvalue weighted by Gasteiger charge is -2.30. The first-order valence-electron chi connectivity index (χ1n) is 6.56. The molecular weight excluding hydrogens is 284 g/mol. The molecule has 1 aliphatic rings. The summed E-state index contributed by atoms with van der Waals surface area (Å²) >= 11 is 3.93. The van der Waals surface area contributed by atoms with Crippen LogP contribution in [0.25, 0.3) is 0 Å². The highest BCUT2D eigenvalue weighted by Crippen LogP contribution is 2.28. The molecule has 1 aromatic carbocycles. The van der Waals surface area contributed by atoms with Crippen LogP contribution in [-0.4, -0.2) is 35.1 Å². The molecule has 1 fully saturated rings. The number of halogens is 2. The number of likely N-dealkylation sites (N-methyl/N-ethyl adjacent to an activating group) is 1. The summed E-state index contributed by atoms with van der Waals surface area (Å²) in [5, 5.41) is 3.98. The van der Waals surface area contributed by atoms with Crippen molar-refractivity contribution in [1.82, 2.24) is 5.32 Å². The van der Waals surface area contributed by atoms with E-state index in [4.69, 9.17) is 0 Å². The maximum atomic E-state index is 13.2. The van der Waals surface area contributed by atoms with Gasteiger partial charge in [-0.05, 0) is 30.7 Å². The molecule has 2 rings (SSSR count). The zero-order chi connectivity index (χ0) is 13.7. The first-order valence-corrected chi connectivity index (χ1v) is 8.77. The average molecular weight is 303 g/mol. The van der Waals surface area contributed by atoms with Crippen LogP contribution in [0.1, 0.15) is 12.5 Å². The fourth-order valence-electron chi connectivity index (χ4n) is 2.32. The molecule has 1 aliphatic heterocycles. The number of benzene rings is 1. The summed E-state index contributed by atoms with van der Waals surface area (Å²) in [6.07, 6.45) is 0.681. The van der Waals surface area contributed by atoms with Crippen LogP contribution in [0.4, 0.5) is 8.78 Å². The molecule has 0 saturated carbocycles. The van der Waals surface area contributed by atoms with Gasteiger partial charge in [0.25, 0.3) is 0 Å². The summed E-state index contributed by atoms with van der Waals surface area (Å²) < 4.78 is 26.5. The minimum atomic E-state index is -0.490. The van der Waals surface area contributed by atoms with E-state index in [1.165, 1.54) is 17.9 Å². The number of hydrogen-bond donors (Lipinski definition) is 1. The average Bonchev–Trinajstić information content (AvgIpc) is 2.38. The quantitative estimate of drug-likeness (QED) is 0.896. The highest BCUT2D eigenvalue weighted by atomic mass is 32.2. The predicted octanol–water partition coefficient (Wildman–Crippen LogP) is 3.33. The highest BCUT2D eigenvalue weighted by molar-refractivity contribution is 8.06. The highest BCUT2D eigenvalue weighted by Gasteiger charge is 2.24. The van der Waals surface area contributed by atoms with Crippen LogP contribution in [0.2, 0.25) is 0 Å². The summed E-state index contributed by atoms with van der Waals surface area (Å²) in [5.41, 5.74) is 0.736. The lowest BCUT2D eigenvalue weighted by Crippen LogP contribution is -2.42. The van der Waals surface area contributed by atoms with Crippen LogP contribution < -0.4 is 5.32 Å². The Morgan fingerprint density at radius 2 is 2.00 bits per heavy atom. The Bertz CT molecular complexity index is 388. The van der Waals surface area contributed by atoms with E-state index in [0.29, 0.717) is 11.7 Å². The Morgan fingerprint density at radius 3 is 2.58 bits per heavy atom. The predicted molar refractivity (Wildman–Crippen MR) is 81.1 cm³/mol. The standard InChI is InChI=1S/C14H19F2NS2/c1-2-17-13(14-9-18-3-4-19-14)7-10-5-11(15)8-12(16)6-10/h5-6,8,13-14,17H,2-4,7,9H2,1H3. The van der Waals surface area contributed by atoms with Crippen LogP contribution >= 0.6 is 23.5 Å². The monoisotopic (exact) mass is 303 g/mol. The molecule has 0 radical (unpaired) electrons. The van der Waals surface area contributed by atoms with E-state index >= 15 is 0 Å². The van der Waals surface area contributed by atoms with Crippen molar-refractivity contribution in [1.29, 1.82) is 0 Å².